The average Bonchev–Trinajstić information content (AvgIpc) is 3.45. The number of nitrogens with one attached hydrogen (secondary N) is 1. The summed E-state index contributed by atoms with van der Waals surface area (Å²) in [6.07, 6.45) is 7.39. The van der Waals surface area contributed by atoms with Crippen molar-refractivity contribution < 1.29 is 18.4 Å². The van der Waals surface area contributed by atoms with Crippen LogP contribution in [0, 0.1) is 17.6 Å². The number of hydrogen-bond donors (Lipinski definition) is 1. The van der Waals surface area contributed by atoms with E-state index in [0.717, 1.165) is 29.3 Å². The van der Waals surface area contributed by atoms with Crippen LogP contribution < -0.4 is 5.32 Å². The minimum atomic E-state index is -0.993. The van der Waals surface area contributed by atoms with Gasteiger partial charge in [-0.25, -0.2) is 13.6 Å². The highest BCUT2D eigenvalue weighted by atomic mass is 19.2. The van der Waals surface area contributed by atoms with E-state index in [2.05, 4.69) is 28.5 Å². The van der Waals surface area contributed by atoms with Crippen molar-refractivity contribution in [3.8, 4) is 0 Å². The van der Waals surface area contributed by atoms with E-state index in [1.165, 1.54) is 23.8 Å². The number of benzene rings is 1. The third-order valence-electron chi connectivity index (χ3n) is 6.94. The van der Waals surface area contributed by atoms with Crippen molar-refractivity contribution in [1.82, 2.24) is 14.8 Å². The Balaban J connectivity index is 1.17. The summed E-state index contributed by atoms with van der Waals surface area (Å²) in [7, 11) is 0. The second-order valence-electron chi connectivity index (χ2n) is 9.10. The zero-order valence-electron chi connectivity index (χ0n) is 17.4. The minimum Gasteiger partial charge on any atom is -0.333 e. The number of rotatable bonds is 4. The first-order chi connectivity index (χ1) is 15.5. The third kappa shape index (κ3) is 3.16. The van der Waals surface area contributed by atoms with E-state index in [1.807, 2.05) is 6.20 Å². The van der Waals surface area contributed by atoms with Crippen molar-refractivity contribution >= 4 is 23.2 Å². The Kier molecular flexibility index (Phi) is 4.31. The fourth-order valence-corrected chi connectivity index (χ4v) is 5.11. The van der Waals surface area contributed by atoms with E-state index in [0.29, 0.717) is 12.5 Å². The maximum absolute atomic E-state index is 14.2. The van der Waals surface area contributed by atoms with E-state index in [-0.39, 0.29) is 42.2 Å². The molecule has 2 aromatic rings. The van der Waals surface area contributed by atoms with Gasteiger partial charge in [0.05, 0.1) is 18.3 Å². The summed E-state index contributed by atoms with van der Waals surface area (Å²) in [5.74, 6) is -1.28. The smallest absolute Gasteiger partial charge is 0.322 e. The molecule has 1 aromatic carbocycles. The zero-order chi connectivity index (χ0) is 22.0. The summed E-state index contributed by atoms with van der Waals surface area (Å²) >= 11 is 0. The van der Waals surface area contributed by atoms with Gasteiger partial charge < -0.3 is 15.1 Å². The molecule has 6 rings (SSSR count). The molecule has 3 heterocycles. The van der Waals surface area contributed by atoms with Crippen molar-refractivity contribution in [3.63, 3.8) is 0 Å². The summed E-state index contributed by atoms with van der Waals surface area (Å²) in [6, 6.07) is 5.95. The molecule has 1 N–H and O–H groups in total. The lowest BCUT2D eigenvalue weighted by Gasteiger charge is -2.33. The molecule has 32 heavy (non-hydrogen) atoms. The van der Waals surface area contributed by atoms with Crippen LogP contribution in [0.3, 0.4) is 0 Å². The molecule has 6 nitrogen and oxygen atoms in total. The Morgan fingerprint density at radius 2 is 2.03 bits per heavy atom. The van der Waals surface area contributed by atoms with Gasteiger partial charge in [0.15, 0.2) is 11.6 Å². The van der Waals surface area contributed by atoms with E-state index < -0.39 is 17.7 Å². The molecule has 0 unspecified atom stereocenters. The zero-order valence-corrected chi connectivity index (χ0v) is 17.4. The Morgan fingerprint density at radius 1 is 1.19 bits per heavy atom. The van der Waals surface area contributed by atoms with Crippen LogP contribution in [-0.2, 0) is 11.3 Å². The molecular formula is C24H22F2N4O2. The number of carbonyl (C=O) groups excluding carboxylic acids is 2. The number of nitrogens with zero attached hydrogens (tertiary/aromatic N) is 3. The topological polar surface area (TPSA) is 65.5 Å². The summed E-state index contributed by atoms with van der Waals surface area (Å²) in [5.41, 5.74) is 3.56. The number of hydrogen-bond acceptors (Lipinski definition) is 3. The first kappa shape index (κ1) is 19.4. The lowest BCUT2D eigenvalue weighted by Crippen LogP contribution is -2.48. The van der Waals surface area contributed by atoms with Crippen LogP contribution in [-0.4, -0.2) is 45.9 Å². The highest BCUT2D eigenvalue weighted by Crippen LogP contribution is 2.43. The number of carbonyl (C=O) groups is 2. The maximum atomic E-state index is 14.2. The Labute approximate surface area is 183 Å². The number of anilines is 1. The molecule has 2 atom stereocenters. The van der Waals surface area contributed by atoms with Gasteiger partial charge in [-0.15, -0.1) is 0 Å². The van der Waals surface area contributed by atoms with Crippen LogP contribution in [0.2, 0.25) is 0 Å². The van der Waals surface area contributed by atoms with Gasteiger partial charge in [0.25, 0.3) is 0 Å². The summed E-state index contributed by atoms with van der Waals surface area (Å²) in [6.45, 7) is 0.278. The highest BCUT2D eigenvalue weighted by Gasteiger charge is 2.43. The number of pyridine rings is 1. The molecule has 1 saturated carbocycles. The van der Waals surface area contributed by atoms with Gasteiger partial charge in [-0.1, -0.05) is 12.1 Å². The van der Waals surface area contributed by atoms with Gasteiger partial charge in [0.1, 0.15) is 6.54 Å². The van der Waals surface area contributed by atoms with Gasteiger partial charge in [0, 0.05) is 29.9 Å². The second kappa shape index (κ2) is 7.12. The lowest BCUT2D eigenvalue weighted by molar-refractivity contribution is -0.132. The summed E-state index contributed by atoms with van der Waals surface area (Å²) < 4.78 is 27.8. The lowest BCUT2D eigenvalue weighted by atomic mass is 10.0. The van der Waals surface area contributed by atoms with Gasteiger partial charge in [-0.05, 0) is 54.5 Å². The molecule has 2 aliphatic carbocycles. The standard InChI is InChI=1S/C24H22F2N4O2/c25-18-4-6-20-17(23(18)26)11-29(24(32)28-20)12-22(31)30-10-13-7-16(21(30)8-13)15-3-5-19(27-9-15)14-1-2-14/h3-7,9,13-14,21H,1-2,8,10-12H2,(H,28,32)/t13-,21-/m1/s1. The summed E-state index contributed by atoms with van der Waals surface area (Å²) in [4.78, 5) is 33.2. The Bertz CT molecular complexity index is 1160. The predicted octanol–water partition coefficient (Wildman–Crippen LogP) is 3.90. The van der Waals surface area contributed by atoms with Crippen molar-refractivity contribution in [2.75, 3.05) is 18.4 Å². The van der Waals surface area contributed by atoms with Gasteiger partial charge in [-0.3, -0.25) is 9.78 Å². The van der Waals surface area contributed by atoms with Crippen LogP contribution in [0.5, 0.6) is 0 Å². The van der Waals surface area contributed by atoms with E-state index in [1.54, 1.807) is 4.90 Å². The molecular weight excluding hydrogens is 414 g/mol. The van der Waals surface area contributed by atoms with Gasteiger partial charge in [0.2, 0.25) is 5.91 Å². The number of aromatic nitrogens is 1. The molecule has 8 heteroatoms. The summed E-state index contributed by atoms with van der Waals surface area (Å²) in [5, 5.41) is 2.55. The molecule has 4 aliphatic rings. The van der Waals surface area contributed by atoms with Crippen LogP contribution in [0.4, 0.5) is 19.3 Å². The molecule has 2 fully saturated rings. The van der Waals surface area contributed by atoms with Crippen LogP contribution in [0.1, 0.15) is 42.0 Å². The second-order valence-corrected chi connectivity index (χ2v) is 9.10. The molecule has 164 valence electrons. The number of urea groups is 1. The predicted molar refractivity (Wildman–Crippen MR) is 114 cm³/mol. The fraction of sp³-hybridized carbons (Fsp3) is 0.375. The molecule has 1 aromatic heterocycles. The first-order valence-corrected chi connectivity index (χ1v) is 11.0. The molecule has 0 spiro atoms. The molecule has 0 radical (unpaired) electrons. The van der Waals surface area contributed by atoms with Crippen molar-refractivity contribution in [1.29, 1.82) is 0 Å². The van der Waals surface area contributed by atoms with Crippen LogP contribution in [0.15, 0.2) is 36.5 Å². The van der Waals surface area contributed by atoms with E-state index in [9.17, 15) is 18.4 Å². The van der Waals surface area contributed by atoms with Crippen molar-refractivity contribution in [2.24, 2.45) is 5.92 Å². The SMILES string of the molecule is O=C1Nc2ccc(F)c(F)c2CN1CC(=O)N1C[C@@H]2C=C(c3ccc(C4CC4)nc3)[C@H]1C2. The third-order valence-corrected chi connectivity index (χ3v) is 6.94. The molecule has 3 amide bonds. The molecule has 2 bridgehead atoms. The van der Waals surface area contributed by atoms with Gasteiger partial charge >= 0.3 is 6.03 Å². The van der Waals surface area contributed by atoms with Gasteiger partial charge in [-0.2, -0.15) is 0 Å². The Morgan fingerprint density at radius 3 is 2.75 bits per heavy atom. The van der Waals surface area contributed by atoms with Crippen LogP contribution >= 0.6 is 0 Å². The minimum absolute atomic E-state index is 0.0459. The highest BCUT2D eigenvalue weighted by molar-refractivity contribution is 5.95. The number of halogens is 2. The first-order valence-electron chi connectivity index (χ1n) is 11.0. The van der Waals surface area contributed by atoms with Crippen molar-refractivity contribution in [2.45, 2.75) is 37.8 Å². The average molecular weight is 436 g/mol. The van der Waals surface area contributed by atoms with E-state index in [4.69, 9.17) is 0 Å². The maximum Gasteiger partial charge on any atom is 0.322 e. The van der Waals surface area contributed by atoms with Crippen molar-refractivity contribution in [3.05, 3.63) is 65.0 Å². The number of amides is 3. The number of likely N-dealkylation sites (tertiary alicyclic amines) is 1. The molecule has 1 saturated heterocycles. The monoisotopic (exact) mass is 436 g/mol. The number of fused-ring (bicyclic) bond motifs is 3. The van der Waals surface area contributed by atoms with Crippen LogP contribution in [0.25, 0.3) is 5.57 Å². The quantitative estimate of drug-likeness (QED) is 0.791. The Hall–Kier alpha value is -3.29. The normalized spacial score (nSPS) is 23.8. The fourth-order valence-electron chi connectivity index (χ4n) is 5.11. The van der Waals surface area contributed by atoms with E-state index >= 15 is 0 Å². The molecule has 2 aliphatic heterocycles. The largest absolute Gasteiger partial charge is 0.333 e.